The standard InChI is InChI=1S/C26H31F2N7O2/c1-32-12-14-33(15-13-32)21-6-5-7-22(16-21)35(26(36)34-10-3-2-4-11-34)18-20-9-8-19(17-29-20)24-30-31-25(37-24)23(27)28/h5-9,16-17,23H,2-4,10-15,18H2,1H3. The highest BCUT2D eigenvalue weighted by molar-refractivity contribution is 5.92. The number of amides is 2. The van der Waals surface area contributed by atoms with Crippen molar-refractivity contribution in [3.8, 4) is 11.5 Å². The second-order valence-corrected chi connectivity index (χ2v) is 9.51. The van der Waals surface area contributed by atoms with E-state index in [1.54, 1.807) is 17.0 Å². The average molecular weight is 512 g/mol. The highest BCUT2D eigenvalue weighted by atomic mass is 19.3. The van der Waals surface area contributed by atoms with Gasteiger partial charge in [0.05, 0.1) is 17.8 Å². The van der Waals surface area contributed by atoms with Crippen molar-refractivity contribution in [1.82, 2.24) is 25.0 Å². The maximum atomic E-state index is 13.7. The molecule has 9 nitrogen and oxygen atoms in total. The van der Waals surface area contributed by atoms with E-state index in [-0.39, 0.29) is 18.5 Å². The lowest BCUT2D eigenvalue weighted by Crippen LogP contribution is -2.46. The van der Waals surface area contributed by atoms with E-state index in [1.165, 1.54) is 6.20 Å². The van der Waals surface area contributed by atoms with E-state index in [1.807, 2.05) is 17.0 Å². The quantitative estimate of drug-likeness (QED) is 0.484. The number of benzene rings is 1. The summed E-state index contributed by atoms with van der Waals surface area (Å²) < 4.78 is 30.6. The van der Waals surface area contributed by atoms with Crippen LogP contribution in [0.5, 0.6) is 0 Å². The summed E-state index contributed by atoms with van der Waals surface area (Å²) in [4.78, 5) is 26.5. The van der Waals surface area contributed by atoms with Crippen LogP contribution < -0.4 is 9.80 Å². The summed E-state index contributed by atoms with van der Waals surface area (Å²) in [6, 6.07) is 11.5. The molecule has 2 aliphatic rings. The van der Waals surface area contributed by atoms with Crippen molar-refractivity contribution in [1.29, 1.82) is 0 Å². The van der Waals surface area contributed by atoms with E-state index < -0.39 is 12.3 Å². The fourth-order valence-corrected chi connectivity index (χ4v) is 4.69. The van der Waals surface area contributed by atoms with Gasteiger partial charge in [0.1, 0.15) is 0 Å². The number of rotatable bonds is 6. The number of carbonyl (C=O) groups is 1. The first-order valence-electron chi connectivity index (χ1n) is 12.6. The number of piperazine rings is 1. The zero-order valence-corrected chi connectivity index (χ0v) is 20.9. The largest absolute Gasteiger partial charge is 0.415 e. The molecular formula is C26H31F2N7O2. The molecule has 0 aliphatic carbocycles. The zero-order chi connectivity index (χ0) is 25.8. The van der Waals surface area contributed by atoms with Crippen molar-refractivity contribution < 1.29 is 18.0 Å². The molecular weight excluding hydrogens is 480 g/mol. The van der Waals surface area contributed by atoms with Crippen molar-refractivity contribution in [2.45, 2.75) is 32.2 Å². The predicted octanol–water partition coefficient (Wildman–Crippen LogP) is 4.43. The molecule has 0 unspecified atom stereocenters. The van der Waals surface area contributed by atoms with Gasteiger partial charge in [-0.05, 0) is 56.6 Å². The van der Waals surface area contributed by atoms with Crippen LogP contribution in [0.4, 0.5) is 25.0 Å². The third-order valence-corrected chi connectivity index (χ3v) is 6.89. The van der Waals surface area contributed by atoms with E-state index >= 15 is 0 Å². The van der Waals surface area contributed by atoms with Gasteiger partial charge in [-0.1, -0.05) is 6.07 Å². The first kappa shape index (κ1) is 25.1. The van der Waals surface area contributed by atoms with Crippen LogP contribution in [-0.2, 0) is 6.54 Å². The molecule has 2 saturated heterocycles. The van der Waals surface area contributed by atoms with Crippen LogP contribution in [0.2, 0.25) is 0 Å². The molecule has 0 N–H and O–H groups in total. The van der Waals surface area contributed by atoms with Crippen molar-refractivity contribution >= 4 is 17.4 Å². The fourth-order valence-electron chi connectivity index (χ4n) is 4.69. The van der Waals surface area contributed by atoms with Gasteiger partial charge in [0, 0.05) is 56.8 Å². The molecule has 0 atom stereocenters. The zero-order valence-electron chi connectivity index (χ0n) is 20.9. The number of hydrogen-bond donors (Lipinski definition) is 0. The SMILES string of the molecule is CN1CCN(c2cccc(N(Cc3ccc(-c4nnc(C(F)F)o4)cn3)C(=O)N3CCCCC3)c2)CC1. The smallest absolute Gasteiger partial charge is 0.324 e. The number of pyridine rings is 1. The number of hydrogen-bond acceptors (Lipinski definition) is 7. The number of halogens is 2. The second kappa shape index (κ2) is 11.2. The number of piperidine rings is 1. The van der Waals surface area contributed by atoms with Crippen molar-refractivity contribution in [3.63, 3.8) is 0 Å². The lowest BCUT2D eigenvalue weighted by atomic mass is 10.1. The molecule has 0 spiro atoms. The number of anilines is 2. The van der Waals surface area contributed by atoms with E-state index in [2.05, 4.69) is 44.2 Å². The Morgan fingerprint density at radius 1 is 1.03 bits per heavy atom. The Bertz CT molecular complexity index is 1190. The van der Waals surface area contributed by atoms with Gasteiger partial charge < -0.3 is 19.1 Å². The van der Waals surface area contributed by atoms with Crippen LogP contribution in [0.1, 0.15) is 37.3 Å². The molecule has 1 aromatic carbocycles. The lowest BCUT2D eigenvalue weighted by molar-refractivity contribution is 0.116. The van der Waals surface area contributed by atoms with Crippen LogP contribution in [0.15, 0.2) is 47.0 Å². The molecule has 4 heterocycles. The molecule has 5 rings (SSSR count). The van der Waals surface area contributed by atoms with Crippen LogP contribution in [0.25, 0.3) is 11.5 Å². The number of urea groups is 1. The van der Waals surface area contributed by atoms with E-state index in [4.69, 9.17) is 4.42 Å². The van der Waals surface area contributed by atoms with Gasteiger partial charge in [-0.15, -0.1) is 10.2 Å². The lowest BCUT2D eigenvalue weighted by Gasteiger charge is -2.35. The van der Waals surface area contributed by atoms with Gasteiger partial charge in [-0.2, -0.15) is 8.78 Å². The number of likely N-dealkylation sites (tertiary alicyclic amines) is 1. The number of aromatic nitrogens is 3. The predicted molar refractivity (Wildman–Crippen MR) is 136 cm³/mol. The monoisotopic (exact) mass is 511 g/mol. The third-order valence-electron chi connectivity index (χ3n) is 6.89. The minimum Gasteiger partial charge on any atom is -0.415 e. The number of nitrogens with zero attached hydrogens (tertiary/aromatic N) is 7. The van der Waals surface area contributed by atoms with Crippen LogP contribution in [0, 0.1) is 0 Å². The molecule has 0 saturated carbocycles. The Labute approximate surface area is 214 Å². The molecule has 196 valence electrons. The molecule has 11 heteroatoms. The molecule has 2 amide bonds. The molecule has 37 heavy (non-hydrogen) atoms. The topological polar surface area (TPSA) is 81.8 Å². The van der Waals surface area contributed by atoms with Crippen LogP contribution >= 0.6 is 0 Å². The van der Waals surface area contributed by atoms with Crippen molar-refractivity contribution in [3.05, 3.63) is 54.2 Å². The number of likely N-dealkylation sites (N-methyl/N-ethyl adjacent to an activating group) is 1. The molecule has 0 radical (unpaired) electrons. The molecule has 2 aliphatic heterocycles. The van der Waals surface area contributed by atoms with Crippen molar-refractivity contribution in [2.75, 3.05) is 56.1 Å². The third kappa shape index (κ3) is 5.87. The summed E-state index contributed by atoms with van der Waals surface area (Å²) in [6.45, 7) is 5.62. The summed E-state index contributed by atoms with van der Waals surface area (Å²) in [5, 5.41) is 7.05. The number of carbonyl (C=O) groups excluding carboxylic acids is 1. The van der Waals surface area contributed by atoms with Gasteiger partial charge >= 0.3 is 12.5 Å². The van der Waals surface area contributed by atoms with Gasteiger partial charge in [-0.25, -0.2) is 4.79 Å². The van der Waals surface area contributed by atoms with Gasteiger partial charge in [0.2, 0.25) is 5.89 Å². The average Bonchev–Trinajstić information content (AvgIpc) is 3.44. The van der Waals surface area contributed by atoms with E-state index in [9.17, 15) is 13.6 Å². The Morgan fingerprint density at radius 3 is 2.49 bits per heavy atom. The number of alkyl halides is 2. The summed E-state index contributed by atoms with van der Waals surface area (Å²) in [7, 11) is 2.13. The molecule has 2 aromatic heterocycles. The maximum absolute atomic E-state index is 13.7. The fraction of sp³-hybridized carbons (Fsp3) is 0.462. The first-order valence-corrected chi connectivity index (χ1v) is 12.6. The van der Waals surface area contributed by atoms with Crippen LogP contribution in [-0.4, -0.2) is 77.3 Å². The Balaban J connectivity index is 1.39. The van der Waals surface area contributed by atoms with E-state index in [0.717, 1.165) is 69.9 Å². The van der Waals surface area contributed by atoms with E-state index in [0.29, 0.717) is 11.3 Å². The Kier molecular flexibility index (Phi) is 7.59. The minimum atomic E-state index is -2.83. The van der Waals surface area contributed by atoms with Crippen molar-refractivity contribution in [2.24, 2.45) is 0 Å². The highest BCUT2D eigenvalue weighted by Crippen LogP contribution is 2.27. The highest BCUT2D eigenvalue weighted by Gasteiger charge is 2.26. The Hall–Kier alpha value is -3.60. The molecule has 2 fully saturated rings. The Morgan fingerprint density at radius 2 is 1.81 bits per heavy atom. The summed E-state index contributed by atoms with van der Waals surface area (Å²) >= 11 is 0. The second-order valence-electron chi connectivity index (χ2n) is 9.51. The normalized spacial score (nSPS) is 16.9. The molecule has 3 aromatic rings. The molecule has 0 bridgehead atoms. The summed E-state index contributed by atoms with van der Waals surface area (Å²) in [5.41, 5.74) is 3.01. The minimum absolute atomic E-state index is 0.0181. The summed E-state index contributed by atoms with van der Waals surface area (Å²) in [5.74, 6) is -0.743. The van der Waals surface area contributed by atoms with Gasteiger partial charge in [-0.3, -0.25) is 9.88 Å². The maximum Gasteiger partial charge on any atom is 0.324 e. The van der Waals surface area contributed by atoms with Crippen LogP contribution in [0.3, 0.4) is 0 Å². The summed E-state index contributed by atoms with van der Waals surface area (Å²) in [6.07, 6.45) is 1.80. The van der Waals surface area contributed by atoms with Gasteiger partial charge in [0.25, 0.3) is 5.89 Å². The first-order chi connectivity index (χ1) is 18.0. The van der Waals surface area contributed by atoms with Gasteiger partial charge in [0.15, 0.2) is 0 Å².